The SMILES string of the molecule is COC1(c2cc(F)cc(Sc3ccc(C(C)=O)c(O)c3)c2)CCOCC1. The lowest BCUT2D eigenvalue weighted by Crippen LogP contribution is -2.35. The third-order valence-electron chi connectivity index (χ3n) is 4.67. The van der Waals surface area contributed by atoms with Crippen LogP contribution in [0.25, 0.3) is 0 Å². The summed E-state index contributed by atoms with van der Waals surface area (Å²) in [6, 6.07) is 9.72. The van der Waals surface area contributed by atoms with Gasteiger partial charge in [-0.15, -0.1) is 0 Å². The van der Waals surface area contributed by atoms with E-state index in [4.69, 9.17) is 9.47 Å². The maximum absolute atomic E-state index is 14.2. The molecule has 0 spiro atoms. The molecule has 6 heteroatoms. The van der Waals surface area contributed by atoms with Gasteiger partial charge in [0.2, 0.25) is 0 Å². The first kappa shape index (κ1) is 18.9. The molecule has 0 aromatic heterocycles. The van der Waals surface area contributed by atoms with Gasteiger partial charge in [-0.25, -0.2) is 4.39 Å². The number of carbonyl (C=O) groups is 1. The molecule has 0 saturated carbocycles. The third kappa shape index (κ3) is 3.92. The average Bonchev–Trinajstić information content (AvgIpc) is 2.61. The highest BCUT2D eigenvalue weighted by Crippen LogP contribution is 2.39. The van der Waals surface area contributed by atoms with Crippen molar-refractivity contribution in [2.75, 3.05) is 20.3 Å². The fraction of sp³-hybridized carbons (Fsp3) is 0.350. The van der Waals surface area contributed by atoms with Crippen LogP contribution >= 0.6 is 11.8 Å². The van der Waals surface area contributed by atoms with E-state index >= 15 is 0 Å². The number of rotatable bonds is 5. The van der Waals surface area contributed by atoms with E-state index in [0.717, 1.165) is 10.5 Å². The van der Waals surface area contributed by atoms with Gasteiger partial charge >= 0.3 is 0 Å². The van der Waals surface area contributed by atoms with E-state index < -0.39 is 5.60 Å². The zero-order valence-electron chi connectivity index (χ0n) is 14.8. The zero-order valence-corrected chi connectivity index (χ0v) is 15.6. The van der Waals surface area contributed by atoms with Crippen LogP contribution in [-0.2, 0) is 15.1 Å². The first-order valence-corrected chi connectivity index (χ1v) is 9.21. The van der Waals surface area contributed by atoms with Gasteiger partial charge in [0.25, 0.3) is 0 Å². The number of phenols is 1. The second-order valence-electron chi connectivity index (χ2n) is 6.32. The molecule has 0 aliphatic carbocycles. The molecule has 2 aromatic rings. The van der Waals surface area contributed by atoms with Crippen LogP contribution in [-0.4, -0.2) is 31.2 Å². The minimum Gasteiger partial charge on any atom is -0.507 e. The van der Waals surface area contributed by atoms with E-state index in [1.807, 2.05) is 6.07 Å². The van der Waals surface area contributed by atoms with Crippen molar-refractivity contribution < 1.29 is 23.8 Å². The molecule has 1 saturated heterocycles. The first-order chi connectivity index (χ1) is 12.4. The third-order valence-corrected chi connectivity index (χ3v) is 5.63. The van der Waals surface area contributed by atoms with Gasteiger partial charge < -0.3 is 14.6 Å². The van der Waals surface area contributed by atoms with Crippen molar-refractivity contribution in [3.05, 3.63) is 53.3 Å². The Hall–Kier alpha value is -1.89. The van der Waals surface area contributed by atoms with Crippen molar-refractivity contribution in [3.63, 3.8) is 0 Å². The van der Waals surface area contributed by atoms with Crippen LogP contribution in [0, 0.1) is 5.82 Å². The van der Waals surface area contributed by atoms with E-state index in [0.29, 0.717) is 31.0 Å². The highest BCUT2D eigenvalue weighted by Gasteiger charge is 2.35. The van der Waals surface area contributed by atoms with E-state index in [1.54, 1.807) is 19.2 Å². The normalized spacial score (nSPS) is 16.4. The number of phenolic OH excluding ortho intramolecular Hbond substituents is 1. The van der Waals surface area contributed by atoms with Gasteiger partial charge in [-0.1, -0.05) is 11.8 Å². The van der Waals surface area contributed by atoms with Crippen molar-refractivity contribution in [1.82, 2.24) is 0 Å². The number of ketones is 1. The van der Waals surface area contributed by atoms with Gasteiger partial charge in [0.05, 0.1) is 11.2 Å². The van der Waals surface area contributed by atoms with E-state index in [-0.39, 0.29) is 22.9 Å². The molecule has 4 nitrogen and oxygen atoms in total. The standard InChI is InChI=1S/C20H21FO4S/c1-13(22)18-4-3-16(12-19(18)23)26-17-10-14(9-15(21)11-17)20(24-2)5-7-25-8-6-20/h3-4,9-12,23H,5-8H2,1-2H3. The smallest absolute Gasteiger partial charge is 0.163 e. The van der Waals surface area contributed by atoms with Crippen LogP contribution < -0.4 is 0 Å². The van der Waals surface area contributed by atoms with Crippen molar-refractivity contribution in [2.45, 2.75) is 35.2 Å². The van der Waals surface area contributed by atoms with Gasteiger partial charge in [-0.3, -0.25) is 4.79 Å². The number of hydrogen-bond acceptors (Lipinski definition) is 5. The molecular weight excluding hydrogens is 355 g/mol. The largest absolute Gasteiger partial charge is 0.507 e. The van der Waals surface area contributed by atoms with Crippen LogP contribution in [0.2, 0.25) is 0 Å². The minimum atomic E-state index is -0.545. The van der Waals surface area contributed by atoms with Crippen molar-refractivity contribution in [2.24, 2.45) is 0 Å². The Labute approximate surface area is 156 Å². The van der Waals surface area contributed by atoms with Crippen LogP contribution in [0.1, 0.15) is 35.7 Å². The zero-order chi connectivity index (χ0) is 18.7. The van der Waals surface area contributed by atoms with Gasteiger partial charge in [0.15, 0.2) is 5.78 Å². The van der Waals surface area contributed by atoms with Crippen LogP contribution in [0.5, 0.6) is 5.75 Å². The number of hydrogen-bond donors (Lipinski definition) is 1. The molecule has 1 N–H and O–H groups in total. The molecule has 1 fully saturated rings. The molecule has 138 valence electrons. The van der Waals surface area contributed by atoms with Gasteiger partial charge in [0, 0.05) is 43.0 Å². The molecule has 0 radical (unpaired) electrons. The summed E-state index contributed by atoms with van der Waals surface area (Å²) in [4.78, 5) is 12.9. The lowest BCUT2D eigenvalue weighted by molar-refractivity contribution is -0.0950. The summed E-state index contributed by atoms with van der Waals surface area (Å²) in [6.45, 7) is 2.55. The number of carbonyl (C=O) groups excluding carboxylic acids is 1. The topological polar surface area (TPSA) is 55.8 Å². The number of methoxy groups -OCH3 is 1. The summed E-state index contributed by atoms with van der Waals surface area (Å²) < 4.78 is 25.4. The van der Waals surface area contributed by atoms with Crippen LogP contribution in [0.15, 0.2) is 46.2 Å². The number of ether oxygens (including phenoxy) is 2. The Morgan fingerprint density at radius 3 is 2.54 bits per heavy atom. The van der Waals surface area contributed by atoms with Crippen LogP contribution in [0.4, 0.5) is 4.39 Å². The average molecular weight is 376 g/mol. The highest BCUT2D eigenvalue weighted by atomic mass is 32.2. The quantitative estimate of drug-likeness (QED) is 0.777. The van der Waals surface area contributed by atoms with Gasteiger partial charge in [-0.05, 0) is 48.9 Å². The summed E-state index contributed by atoms with van der Waals surface area (Å²) in [7, 11) is 1.64. The number of aromatic hydroxyl groups is 1. The van der Waals surface area contributed by atoms with E-state index in [9.17, 15) is 14.3 Å². The maximum atomic E-state index is 14.2. The van der Waals surface area contributed by atoms with Gasteiger partial charge in [0.1, 0.15) is 11.6 Å². The molecule has 1 aliphatic rings. The molecule has 2 aromatic carbocycles. The fourth-order valence-corrected chi connectivity index (χ4v) is 4.14. The second kappa shape index (κ2) is 7.78. The number of halogens is 1. The Morgan fingerprint density at radius 2 is 1.92 bits per heavy atom. The first-order valence-electron chi connectivity index (χ1n) is 8.39. The fourth-order valence-electron chi connectivity index (χ4n) is 3.21. The lowest BCUT2D eigenvalue weighted by Gasteiger charge is -2.36. The monoisotopic (exact) mass is 376 g/mol. The van der Waals surface area contributed by atoms with Gasteiger partial charge in [-0.2, -0.15) is 0 Å². The number of benzene rings is 2. The molecule has 26 heavy (non-hydrogen) atoms. The predicted octanol–water partition coefficient (Wildman–Crippen LogP) is 4.54. The maximum Gasteiger partial charge on any atom is 0.163 e. The molecular formula is C20H21FO4S. The molecule has 1 heterocycles. The lowest BCUT2D eigenvalue weighted by atomic mass is 9.86. The molecule has 1 aliphatic heterocycles. The van der Waals surface area contributed by atoms with Crippen molar-refractivity contribution in [3.8, 4) is 5.75 Å². The number of Topliss-reactive ketones (excluding diaryl/α,β-unsaturated/α-hetero) is 1. The summed E-state index contributed by atoms with van der Waals surface area (Å²) >= 11 is 1.33. The highest BCUT2D eigenvalue weighted by molar-refractivity contribution is 7.99. The Balaban J connectivity index is 1.90. The Kier molecular flexibility index (Phi) is 5.65. The summed E-state index contributed by atoms with van der Waals surface area (Å²) in [5, 5.41) is 9.99. The summed E-state index contributed by atoms with van der Waals surface area (Å²) in [5.41, 5.74) is 0.515. The summed E-state index contributed by atoms with van der Waals surface area (Å²) in [5.74, 6) is -0.608. The van der Waals surface area contributed by atoms with E-state index in [1.165, 1.54) is 36.9 Å². The van der Waals surface area contributed by atoms with Crippen molar-refractivity contribution >= 4 is 17.5 Å². The molecule has 3 rings (SSSR count). The Bertz CT molecular complexity index is 815. The van der Waals surface area contributed by atoms with Crippen molar-refractivity contribution in [1.29, 1.82) is 0 Å². The molecule has 0 atom stereocenters. The molecule has 0 unspecified atom stereocenters. The van der Waals surface area contributed by atoms with Crippen LogP contribution in [0.3, 0.4) is 0 Å². The predicted molar refractivity (Wildman–Crippen MR) is 97.4 cm³/mol. The second-order valence-corrected chi connectivity index (χ2v) is 7.47. The Morgan fingerprint density at radius 1 is 1.19 bits per heavy atom. The molecule has 0 amide bonds. The minimum absolute atomic E-state index is 0.0723. The summed E-state index contributed by atoms with van der Waals surface area (Å²) in [6.07, 6.45) is 1.34. The van der Waals surface area contributed by atoms with E-state index in [2.05, 4.69) is 0 Å². The molecule has 0 bridgehead atoms.